The van der Waals surface area contributed by atoms with Crippen molar-refractivity contribution >= 4 is 46.6 Å². The molecule has 0 atom stereocenters. The van der Waals surface area contributed by atoms with Crippen molar-refractivity contribution in [1.29, 1.82) is 0 Å². The lowest BCUT2D eigenvalue weighted by Gasteiger charge is -1.98. The summed E-state index contributed by atoms with van der Waals surface area (Å²) in [6.45, 7) is 2.02. The van der Waals surface area contributed by atoms with Crippen LogP contribution in [0.25, 0.3) is 0 Å². The summed E-state index contributed by atoms with van der Waals surface area (Å²) in [6, 6.07) is 0. The molecule has 0 rings (SSSR count). The molecule has 0 unspecified atom stereocenters. The van der Waals surface area contributed by atoms with E-state index in [1.807, 2.05) is 6.92 Å². The minimum atomic E-state index is 0.289. The van der Waals surface area contributed by atoms with Crippen LogP contribution in [0.1, 0.15) is 6.92 Å². The number of thioether (sulfide) groups is 1. The van der Waals surface area contributed by atoms with E-state index in [1.54, 1.807) is 11.8 Å². The number of alkyl halides is 1. The Morgan fingerprint density at radius 3 is 2.11 bits per heavy atom. The Morgan fingerprint density at radius 2 is 2.00 bits per heavy atom. The minimum absolute atomic E-state index is 0.289. The van der Waals surface area contributed by atoms with Crippen molar-refractivity contribution in [3.8, 4) is 0 Å². The molecule has 0 aromatic carbocycles. The molecule has 0 aromatic rings. The molecule has 4 heteroatoms. The third-order valence-corrected chi connectivity index (χ3v) is 2.74. The first-order valence-electron chi connectivity index (χ1n) is 2.45. The quantitative estimate of drug-likeness (QED) is 0.634. The fraction of sp³-hybridized carbons (Fsp3) is 0.600. The maximum absolute atomic E-state index is 5.49. The van der Waals surface area contributed by atoms with Gasteiger partial charge >= 0.3 is 0 Å². The zero-order chi connectivity index (χ0) is 7.28. The second-order valence-corrected chi connectivity index (χ2v) is 3.83. The largest absolute Gasteiger partial charge is 0.127 e. The van der Waals surface area contributed by atoms with Crippen molar-refractivity contribution in [3.05, 3.63) is 9.40 Å². The van der Waals surface area contributed by atoms with Crippen LogP contribution >= 0.6 is 46.6 Å². The fourth-order valence-electron chi connectivity index (χ4n) is 0.318. The van der Waals surface area contributed by atoms with Gasteiger partial charge in [0, 0.05) is 4.91 Å². The van der Waals surface area contributed by atoms with Crippen molar-refractivity contribution in [3.63, 3.8) is 0 Å². The van der Waals surface area contributed by atoms with E-state index in [0.717, 1.165) is 10.7 Å². The van der Waals surface area contributed by atoms with Gasteiger partial charge in [0.1, 0.15) is 4.49 Å². The van der Waals surface area contributed by atoms with Crippen molar-refractivity contribution < 1.29 is 0 Å². The van der Waals surface area contributed by atoms with Gasteiger partial charge in [-0.3, -0.25) is 0 Å². The maximum atomic E-state index is 5.49. The Bertz CT molecular complexity index is 107. The molecule has 0 bridgehead atoms. The van der Waals surface area contributed by atoms with E-state index >= 15 is 0 Å². The molecule has 0 amide bonds. The molecule has 9 heavy (non-hydrogen) atoms. The highest BCUT2D eigenvalue weighted by Gasteiger charge is 1.98. The first-order chi connectivity index (χ1) is 4.22. The van der Waals surface area contributed by atoms with Crippen LogP contribution in [0.4, 0.5) is 0 Å². The average molecular weight is 206 g/mol. The third kappa shape index (κ3) is 4.38. The summed E-state index contributed by atoms with van der Waals surface area (Å²) < 4.78 is 0.289. The zero-order valence-corrected chi connectivity index (χ0v) is 8.04. The van der Waals surface area contributed by atoms with E-state index in [4.69, 9.17) is 34.8 Å². The van der Waals surface area contributed by atoms with Gasteiger partial charge in [-0.15, -0.1) is 23.4 Å². The zero-order valence-electron chi connectivity index (χ0n) is 4.96. The molecule has 0 aromatic heterocycles. The molecular weight excluding hydrogens is 198 g/mol. The van der Waals surface area contributed by atoms with E-state index in [1.165, 1.54) is 0 Å². The highest BCUT2D eigenvalue weighted by molar-refractivity contribution is 8.03. The molecule has 54 valence electrons. The molecule has 0 radical (unpaired) electrons. The van der Waals surface area contributed by atoms with E-state index in [-0.39, 0.29) is 4.49 Å². The molecule has 0 saturated carbocycles. The Kier molecular flexibility index (Phi) is 6.33. The van der Waals surface area contributed by atoms with Crippen LogP contribution < -0.4 is 0 Å². The summed E-state index contributed by atoms with van der Waals surface area (Å²) in [5, 5.41) is 0. The van der Waals surface area contributed by atoms with E-state index in [9.17, 15) is 0 Å². The van der Waals surface area contributed by atoms with Gasteiger partial charge in [0.05, 0.1) is 5.88 Å². The van der Waals surface area contributed by atoms with Gasteiger partial charge in [0.15, 0.2) is 0 Å². The van der Waals surface area contributed by atoms with Crippen LogP contribution in [0.15, 0.2) is 9.40 Å². The summed E-state index contributed by atoms with van der Waals surface area (Å²) in [4.78, 5) is 0.850. The molecule has 0 aliphatic heterocycles. The number of hydrogen-bond acceptors (Lipinski definition) is 1. The third-order valence-electron chi connectivity index (χ3n) is 0.651. The van der Waals surface area contributed by atoms with Crippen molar-refractivity contribution in [1.82, 2.24) is 0 Å². The highest BCUT2D eigenvalue weighted by Crippen LogP contribution is 2.25. The molecule has 0 spiro atoms. The average Bonchev–Trinajstić information content (AvgIpc) is 1.82. The summed E-state index contributed by atoms with van der Waals surface area (Å²) in [7, 11) is 0. The predicted octanol–water partition coefficient (Wildman–Crippen LogP) is 3.63. The summed E-state index contributed by atoms with van der Waals surface area (Å²) in [6.07, 6.45) is 0. The second-order valence-electron chi connectivity index (χ2n) is 1.25. The first-order valence-corrected chi connectivity index (χ1v) is 4.72. The van der Waals surface area contributed by atoms with Crippen molar-refractivity contribution in [2.24, 2.45) is 0 Å². The van der Waals surface area contributed by atoms with Gasteiger partial charge in [-0.25, -0.2) is 0 Å². The molecule has 0 aliphatic rings. The van der Waals surface area contributed by atoms with Crippen LogP contribution in [0.3, 0.4) is 0 Å². The van der Waals surface area contributed by atoms with Crippen LogP contribution in [0.2, 0.25) is 0 Å². The summed E-state index contributed by atoms with van der Waals surface area (Å²) in [5.41, 5.74) is 0. The molecular formula is C5H7Cl3S. The van der Waals surface area contributed by atoms with E-state index < -0.39 is 0 Å². The summed E-state index contributed by atoms with van der Waals surface area (Å²) in [5.74, 6) is 1.35. The molecule has 0 fully saturated rings. The lowest BCUT2D eigenvalue weighted by Crippen LogP contribution is -1.79. The normalized spacial score (nSPS) is 9.33. The number of rotatable bonds is 3. The van der Waals surface area contributed by atoms with Gasteiger partial charge in [-0.05, 0) is 5.75 Å². The topological polar surface area (TPSA) is 0 Å². The first kappa shape index (κ1) is 9.96. The number of allylic oxidation sites excluding steroid dienone is 1. The van der Waals surface area contributed by atoms with Gasteiger partial charge in [0.2, 0.25) is 0 Å². The maximum Gasteiger partial charge on any atom is 0.117 e. The van der Waals surface area contributed by atoms with Crippen LogP contribution in [0.5, 0.6) is 0 Å². The number of hydrogen-bond donors (Lipinski definition) is 0. The lowest BCUT2D eigenvalue weighted by atomic mass is 10.7. The van der Waals surface area contributed by atoms with Crippen molar-refractivity contribution in [2.75, 3.05) is 11.6 Å². The Morgan fingerprint density at radius 1 is 1.44 bits per heavy atom. The minimum Gasteiger partial charge on any atom is -0.127 e. The van der Waals surface area contributed by atoms with Gasteiger partial charge < -0.3 is 0 Å². The molecule has 0 aliphatic carbocycles. The Balaban J connectivity index is 3.83. The van der Waals surface area contributed by atoms with Crippen molar-refractivity contribution in [2.45, 2.75) is 6.92 Å². The summed E-state index contributed by atoms with van der Waals surface area (Å²) >= 11 is 18.0. The van der Waals surface area contributed by atoms with Crippen LogP contribution in [-0.4, -0.2) is 11.6 Å². The van der Waals surface area contributed by atoms with Gasteiger partial charge in [-0.1, -0.05) is 30.1 Å². The van der Waals surface area contributed by atoms with Crippen LogP contribution in [-0.2, 0) is 0 Å². The Labute approximate surface area is 74.5 Å². The monoisotopic (exact) mass is 204 g/mol. The fourth-order valence-corrected chi connectivity index (χ4v) is 1.82. The SMILES string of the molecule is CCSC(CCl)=C(Cl)Cl. The highest BCUT2D eigenvalue weighted by atomic mass is 35.5. The molecule has 0 saturated heterocycles. The molecule has 0 nitrogen and oxygen atoms in total. The standard InChI is InChI=1S/C5H7Cl3S/c1-2-9-4(3-6)5(7)8/h2-3H2,1H3. The van der Waals surface area contributed by atoms with Crippen LogP contribution in [0, 0.1) is 0 Å². The van der Waals surface area contributed by atoms with Gasteiger partial charge in [0.25, 0.3) is 0 Å². The van der Waals surface area contributed by atoms with E-state index in [2.05, 4.69) is 0 Å². The predicted molar refractivity (Wildman–Crippen MR) is 47.6 cm³/mol. The smallest absolute Gasteiger partial charge is 0.117 e. The molecule has 0 heterocycles. The number of halogens is 3. The van der Waals surface area contributed by atoms with Gasteiger partial charge in [-0.2, -0.15) is 0 Å². The molecule has 0 N–H and O–H groups in total. The second kappa shape index (κ2) is 5.72. The Hall–Kier alpha value is 0.960. The van der Waals surface area contributed by atoms with E-state index in [0.29, 0.717) is 5.88 Å². The lowest BCUT2D eigenvalue weighted by molar-refractivity contribution is 1.52.